The predicted octanol–water partition coefficient (Wildman–Crippen LogP) is -0.669. The van der Waals surface area contributed by atoms with Crippen LogP contribution in [0.4, 0.5) is 5.69 Å². The summed E-state index contributed by atoms with van der Waals surface area (Å²) in [7, 11) is 0. The maximum absolute atomic E-state index is 10.8. The number of carboxylic acid groups (broad SMARTS) is 1. The second-order valence-electron chi connectivity index (χ2n) is 4.17. The second-order valence-corrected chi connectivity index (χ2v) is 5.35. The zero-order valence-corrected chi connectivity index (χ0v) is 10.5. The van der Waals surface area contributed by atoms with Crippen LogP contribution in [0.15, 0.2) is 18.2 Å². The Balaban J connectivity index is 2.22. The molecule has 96 valence electrons. The van der Waals surface area contributed by atoms with Crippen LogP contribution in [0.1, 0.15) is 16.5 Å². The van der Waals surface area contributed by atoms with E-state index in [0.717, 1.165) is 5.56 Å². The van der Waals surface area contributed by atoms with Gasteiger partial charge in [-0.15, -0.1) is 0 Å². The van der Waals surface area contributed by atoms with E-state index in [1.165, 1.54) is 17.8 Å². The summed E-state index contributed by atoms with van der Waals surface area (Å²) in [5.41, 5.74) is 1.43. The van der Waals surface area contributed by atoms with Crippen molar-refractivity contribution in [2.45, 2.75) is 18.3 Å². The summed E-state index contributed by atoms with van der Waals surface area (Å²) in [6.07, 6.45) is 0. The Bertz CT molecular complexity index is 506. The van der Waals surface area contributed by atoms with Crippen molar-refractivity contribution < 1.29 is 20.1 Å². The second kappa shape index (κ2) is 4.95. The zero-order valence-electron chi connectivity index (χ0n) is 9.66. The Morgan fingerprint density at radius 2 is 2.28 bits per heavy atom. The van der Waals surface area contributed by atoms with Gasteiger partial charge in [-0.3, -0.25) is 10.1 Å². The average Bonchev–Trinajstić information content (AvgIpc) is 2.78. The Hall–Kier alpha value is -1.60. The number of carbonyl (C=O) groups excluding carboxylic acids is 1. The lowest BCUT2D eigenvalue weighted by Crippen LogP contribution is -2.90. The van der Waals surface area contributed by atoms with Crippen LogP contribution in [0.25, 0.3) is 0 Å². The van der Waals surface area contributed by atoms with Crippen molar-refractivity contribution in [3.63, 3.8) is 0 Å². The van der Waals surface area contributed by atoms with Gasteiger partial charge in [0.25, 0.3) is 5.69 Å². The van der Waals surface area contributed by atoms with Crippen molar-refractivity contribution >= 4 is 23.4 Å². The first kappa shape index (κ1) is 12.8. The molecule has 0 bridgehead atoms. The van der Waals surface area contributed by atoms with Gasteiger partial charge in [0.15, 0.2) is 5.37 Å². The number of benzene rings is 1. The van der Waals surface area contributed by atoms with Gasteiger partial charge in [-0.1, -0.05) is 23.9 Å². The molecule has 0 saturated carbocycles. The molecular weight excluding hydrogens is 256 g/mol. The molecule has 1 heterocycles. The van der Waals surface area contributed by atoms with Crippen LogP contribution < -0.4 is 10.4 Å². The summed E-state index contributed by atoms with van der Waals surface area (Å²) in [4.78, 5) is 21.2. The molecule has 0 unspecified atom stereocenters. The van der Waals surface area contributed by atoms with Crippen LogP contribution in [0, 0.1) is 17.0 Å². The molecule has 0 amide bonds. The number of nitro benzene ring substituents is 1. The van der Waals surface area contributed by atoms with Gasteiger partial charge >= 0.3 is 0 Å². The smallest absolute Gasteiger partial charge is 0.272 e. The van der Waals surface area contributed by atoms with Crippen LogP contribution in [0.5, 0.6) is 0 Å². The van der Waals surface area contributed by atoms with Gasteiger partial charge < -0.3 is 15.2 Å². The predicted molar refractivity (Wildman–Crippen MR) is 63.8 cm³/mol. The van der Waals surface area contributed by atoms with Crippen molar-refractivity contribution in [3.8, 4) is 0 Å². The van der Waals surface area contributed by atoms with Gasteiger partial charge in [0.05, 0.1) is 10.7 Å². The summed E-state index contributed by atoms with van der Waals surface area (Å²) >= 11 is 1.46. The molecular formula is C11H12N2O4S. The van der Waals surface area contributed by atoms with E-state index >= 15 is 0 Å². The minimum atomic E-state index is -1.09. The number of aliphatic carboxylic acids is 1. The maximum Gasteiger partial charge on any atom is 0.272 e. The summed E-state index contributed by atoms with van der Waals surface area (Å²) in [5.74, 6) is -0.638. The third kappa shape index (κ3) is 2.46. The van der Waals surface area contributed by atoms with Crippen LogP contribution in [0.2, 0.25) is 0 Å². The Morgan fingerprint density at radius 1 is 1.56 bits per heavy atom. The van der Waals surface area contributed by atoms with Gasteiger partial charge in [-0.2, -0.15) is 0 Å². The van der Waals surface area contributed by atoms with E-state index in [1.54, 1.807) is 24.4 Å². The molecule has 0 aliphatic carbocycles. The van der Waals surface area contributed by atoms with Gasteiger partial charge in [-0.25, -0.2) is 0 Å². The highest BCUT2D eigenvalue weighted by Gasteiger charge is 2.31. The summed E-state index contributed by atoms with van der Waals surface area (Å²) in [6.45, 7) is 1.68. The van der Waals surface area contributed by atoms with E-state index < -0.39 is 16.9 Å². The molecule has 2 atom stereocenters. The van der Waals surface area contributed by atoms with E-state index in [1.807, 2.05) is 0 Å². The number of nitrogens with two attached hydrogens (primary N) is 1. The Labute approximate surface area is 108 Å². The maximum atomic E-state index is 10.8. The van der Waals surface area contributed by atoms with Crippen molar-refractivity contribution in [2.24, 2.45) is 0 Å². The first-order chi connectivity index (χ1) is 8.49. The van der Waals surface area contributed by atoms with Crippen LogP contribution in [-0.2, 0) is 4.79 Å². The fourth-order valence-corrected chi connectivity index (χ4v) is 3.19. The molecule has 1 aromatic carbocycles. The molecule has 6 nitrogen and oxygen atoms in total. The number of nitro groups is 1. The summed E-state index contributed by atoms with van der Waals surface area (Å²) in [6, 6.07) is 4.42. The number of quaternary nitrogens is 1. The van der Waals surface area contributed by atoms with Crippen LogP contribution in [-0.4, -0.2) is 22.7 Å². The van der Waals surface area contributed by atoms with E-state index in [9.17, 15) is 20.0 Å². The van der Waals surface area contributed by atoms with E-state index in [4.69, 9.17) is 0 Å². The van der Waals surface area contributed by atoms with Crippen molar-refractivity contribution in [3.05, 3.63) is 39.4 Å². The number of aryl methyl sites for hydroxylation is 1. The number of nitrogens with zero attached hydrogens (tertiary/aromatic N) is 1. The van der Waals surface area contributed by atoms with Gasteiger partial charge in [-0.05, 0) is 6.92 Å². The SMILES string of the molecule is Cc1ccc([C@@H]2[NH2+][C@H](C(=O)[O-])CS2)cc1[N+](=O)[O-]. The molecule has 0 aromatic heterocycles. The van der Waals surface area contributed by atoms with Crippen molar-refractivity contribution in [1.82, 2.24) is 0 Å². The lowest BCUT2D eigenvalue weighted by atomic mass is 10.1. The lowest BCUT2D eigenvalue weighted by molar-refractivity contribution is -0.690. The zero-order chi connectivity index (χ0) is 13.3. The number of rotatable bonds is 3. The topological polar surface area (TPSA) is 99.9 Å². The molecule has 1 aromatic rings. The molecule has 1 saturated heterocycles. The summed E-state index contributed by atoms with van der Waals surface area (Å²) in [5, 5.41) is 23.1. The molecule has 1 fully saturated rings. The number of thioether (sulfide) groups is 1. The third-order valence-corrected chi connectivity index (χ3v) is 4.26. The van der Waals surface area contributed by atoms with E-state index in [0.29, 0.717) is 11.3 Å². The molecule has 1 aliphatic heterocycles. The highest BCUT2D eigenvalue weighted by molar-refractivity contribution is 7.99. The Kier molecular flexibility index (Phi) is 3.53. The Morgan fingerprint density at radius 3 is 2.83 bits per heavy atom. The van der Waals surface area contributed by atoms with E-state index in [2.05, 4.69) is 0 Å². The molecule has 2 N–H and O–H groups in total. The van der Waals surface area contributed by atoms with Gasteiger partial charge in [0.2, 0.25) is 0 Å². The number of hydrogen-bond donors (Lipinski definition) is 1. The molecule has 1 aliphatic rings. The molecule has 0 radical (unpaired) electrons. The summed E-state index contributed by atoms with van der Waals surface area (Å²) < 4.78 is 0. The molecule has 2 rings (SSSR count). The first-order valence-corrected chi connectivity index (χ1v) is 6.46. The number of hydrogen-bond acceptors (Lipinski definition) is 5. The minimum absolute atomic E-state index is 0.0680. The molecule has 18 heavy (non-hydrogen) atoms. The number of carboxylic acids is 1. The highest BCUT2D eigenvalue weighted by Crippen LogP contribution is 2.30. The van der Waals surface area contributed by atoms with Crippen LogP contribution in [0.3, 0.4) is 0 Å². The lowest BCUT2D eigenvalue weighted by Gasteiger charge is -2.11. The van der Waals surface area contributed by atoms with Gasteiger partial charge in [0, 0.05) is 17.2 Å². The standard InChI is InChI=1S/C11H12N2O4S/c1-6-2-3-7(4-9(6)13(16)17)10-12-8(5-18-10)11(14)15/h2-4,8,10,12H,5H2,1H3,(H,14,15)/t8-,10+/m0/s1. The monoisotopic (exact) mass is 268 g/mol. The fourth-order valence-electron chi connectivity index (χ4n) is 1.88. The minimum Gasteiger partial charge on any atom is -0.544 e. The van der Waals surface area contributed by atoms with Crippen molar-refractivity contribution in [2.75, 3.05) is 5.75 Å². The quantitative estimate of drug-likeness (QED) is 0.579. The third-order valence-electron chi connectivity index (χ3n) is 2.92. The number of carbonyl (C=O) groups is 1. The normalized spacial score (nSPS) is 22.9. The fraction of sp³-hybridized carbons (Fsp3) is 0.364. The van der Waals surface area contributed by atoms with Crippen molar-refractivity contribution in [1.29, 1.82) is 0 Å². The first-order valence-electron chi connectivity index (χ1n) is 5.41. The largest absolute Gasteiger partial charge is 0.544 e. The van der Waals surface area contributed by atoms with Gasteiger partial charge in [0.1, 0.15) is 12.0 Å². The van der Waals surface area contributed by atoms with Crippen LogP contribution >= 0.6 is 11.8 Å². The van der Waals surface area contributed by atoms with E-state index in [-0.39, 0.29) is 11.1 Å². The average molecular weight is 268 g/mol. The molecule has 0 spiro atoms. The highest BCUT2D eigenvalue weighted by atomic mass is 32.2. The molecule has 7 heteroatoms.